The Morgan fingerprint density at radius 3 is 1.25 bits per heavy atom. The Morgan fingerprint density at radius 2 is 1.25 bits per heavy atom. The van der Waals surface area contributed by atoms with Crippen LogP contribution in [0, 0.1) is 0 Å². The minimum Gasteiger partial charge on any atom is 0 e. The molecule has 0 saturated carbocycles. The van der Waals surface area contributed by atoms with Gasteiger partial charge in [-0.3, -0.25) is 9.11 Å². The number of halogens is 1. The first-order valence-electron chi connectivity index (χ1n) is 0.824. The summed E-state index contributed by atoms with van der Waals surface area (Å²) in [6.45, 7) is 0. The third-order valence-corrected chi connectivity index (χ3v) is 0. The van der Waals surface area contributed by atoms with Gasteiger partial charge in [0.05, 0.1) is 0 Å². The number of rotatable bonds is 0. The standard InChI is InChI=1S/ClH.2Co.H2O4S/c;;;1-5(2,3)4/h1H;;;(H2,1,2,3,4)/q;;+1;/p-1. The van der Waals surface area contributed by atoms with Crippen molar-refractivity contribution in [3.05, 3.63) is 0 Å². The van der Waals surface area contributed by atoms with E-state index in [1.165, 1.54) is 0 Å². The molecule has 0 saturated heterocycles. The van der Waals surface area contributed by atoms with Crippen molar-refractivity contribution < 1.29 is 49.1 Å². The Morgan fingerprint density at radius 1 is 1.25 bits per heavy atom. The van der Waals surface area contributed by atoms with E-state index in [1.54, 1.807) is 0 Å². The Balaban J connectivity index is -0.0000000750. The van der Waals surface area contributed by atoms with E-state index in [-0.39, 0.29) is 16.8 Å². The first kappa shape index (κ1) is 16.1. The van der Waals surface area contributed by atoms with Crippen LogP contribution in [0.25, 0.3) is 0 Å². The van der Waals surface area contributed by atoms with E-state index < -0.39 is 10.4 Å². The van der Waals surface area contributed by atoms with Crippen LogP contribution in [0.1, 0.15) is 0 Å². The molecule has 0 heterocycles. The van der Waals surface area contributed by atoms with Gasteiger partial charge in [0.15, 0.2) is 0 Å². The maximum Gasteiger partial charge on any atom is 0 e. The van der Waals surface area contributed by atoms with Gasteiger partial charge in [0.2, 0.25) is 0 Å². The molecule has 8 heavy (non-hydrogen) atoms. The summed E-state index contributed by atoms with van der Waals surface area (Å²) in [5.41, 5.74) is 0. The minimum atomic E-state index is -4.67. The molecule has 0 unspecified atom stereocenters. The van der Waals surface area contributed by atoms with Crippen LogP contribution in [0.2, 0.25) is 0 Å². The molecule has 0 amide bonds. The van der Waals surface area contributed by atoms with Crippen LogP contribution < -0.4 is 0 Å². The second-order valence-corrected chi connectivity index (χ2v) is 1.34. The fourth-order valence-electron chi connectivity index (χ4n) is 0. The smallest absolute Gasteiger partial charge is 0 e. The van der Waals surface area contributed by atoms with Crippen molar-refractivity contribution >= 4 is 20.5 Å². The fourth-order valence-corrected chi connectivity index (χ4v) is 0. The van der Waals surface area contributed by atoms with Crippen LogP contribution in [0.4, 0.5) is 0 Å². The van der Waals surface area contributed by atoms with Gasteiger partial charge in [-0.05, 0) is 0 Å². The largest absolute Gasteiger partial charge is 0 e. The fraction of sp³-hybridized carbons (Fsp3) is 0. The SMILES string of the molecule is O=S(=O)(O)O.[Cl][Co].[Co]. The van der Waals surface area contributed by atoms with Crippen LogP contribution in [-0.4, -0.2) is 17.5 Å². The predicted molar refractivity (Wildman–Crippen MR) is 20.0 cm³/mol. The van der Waals surface area contributed by atoms with Gasteiger partial charge < -0.3 is 0 Å². The number of hydrogen-bond donors (Lipinski definition) is 2. The third kappa shape index (κ3) is 199. The van der Waals surface area contributed by atoms with Crippen LogP contribution in [0.3, 0.4) is 0 Å². The topological polar surface area (TPSA) is 74.6 Å². The summed E-state index contributed by atoms with van der Waals surface area (Å²) in [7, 11) is -0.340. The van der Waals surface area contributed by atoms with Crippen molar-refractivity contribution in [3.8, 4) is 0 Å². The molecule has 0 aliphatic carbocycles. The average molecular weight is 251 g/mol. The molecular formula is H2ClCo2O4S. The summed E-state index contributed by atoms with van der Waals surface area (Å²) >= 11 is 3.03. The van der Waals surface area contributed by atoms with Gasteiger partial charge in [-0.25, -0.2) is 0 Å². The molecule has 0 atom stereocenters. The molecule has 1 radical (unpaired) electrons. The Kier molecular flexibility index (Phi) is 16.4. The average Bonchev–Trinajstić information content (AvgIpc) is 1.36. The molecule has 0 spiro atoms. The van der Waals surface area contributed by atoms with Gasteiger partial charge in [0.1, 0.15) is 0 Å². The molecule has 4 nitrogen and oxygen atoms in total. The summed E-state index contributed by atoms with van der Waals surface area (Å²) in [5.74, 6) is 0. The quantitative estimate of drug-likeness (QED) is 0.596. The van der Waals surface area contributed by atoms with Crippen LogP contribution in [0.15, 0.2) is 0 Å². The summed E-state index contributed by atoms with van der Waals surface area (Å²) in [6.07, 6.45) is 0. The van der Waals surface area contributed by atoms with Gasteiger partial charge in [-0.1, -0.05) is 0 Å². The molecule has 0 aliphatic rings. The molecule has 0 aromatic rings. The van der Waals surface area contributed by atoms with Crippen molar-refractivity contribution in [3.63, 3.8) is 0 Å². The maximum absolute atomic E-state index is 8.74. The van der Waals surface area contributed by atoms with Gasteiger partial charge >= 0.3 is 35.4 Å². The monoisotopic (exact) mass is 251 g/mol. The molecule has 0 bridgehead atoms. The molecule has 2 N–H and O–H groups in total. The van der Waals surface area contributed by atoms with E-state index in [9.17, 15) is 0 Å². The van der Waals surface area contributed by atoms with E-state index in [1.807, 2.05) is 0 Å². The summed E-state index contributed by atoms with van der Waals surface area (Å²) in [4.78, 5) is 0. The zero-order valence-corrected chi connectivity index (χ0v) is 6.82. The van der Waals surface area contributed by atoms with Crippen molar-refractivity contribution in [2.75, 3.05) is 0 Å². The van der Waals surface area contributed by atoms with E-state index in [4.69, 9.17) is 17.5 Å². The molecular weight excluding hydrogens is 249 g/mol. The Hall–Kier alpha value is 1.17. The van der Waals surface area contributed by atoms with Gasteiger partial charge in [0.25, 0.3) is 0 Å². The third-order valence-electron chi connectivity index (χ3n) is 0. The zero-order valence-electron chi connectivity index (χ0n) is 3.16. The molecule has 0 aliphatic heterocycles. The van der Waals surface area contributed by atoms with Crippen molar-refractivity contribution in [2.24, 2.45) is 0 Å². The first-order valence-corrected chi connectivity index (χ1v) is 3.65. The Labute approximate surface area is 69.6 Å². The van der Waals surface area contributed by atoms with Gasteiger partial charge in [-0.15, -0.1) is 0 Å². The van der Waals surface area contributed by atoms with Gasteiger partial charge in [-0.2, -0.15) is 8.42 Å². The van der Waals surface area contributed by atoms with E-state index >= 15 is 0 Å². The van der Waals surface area contributed by atoms with Crippen molar-refractivity contribution in [2.45, 2.75) is 0 Å². The predicted octanol–water partition coefficient (Wildman–Crippen LogP) is 0.0317. The second kappa shape index (κ2) is 8.17. The molecule has 0 aromatic heterocycles. The molecule has 0 rings (SSSR count). The number of hydrogen-bond acceptors (Lipinski definition) is 2. The molecule has 0 aromatic carbocycles. The van der Waals surface area contributed by atoms with Gasteiger partial charge in [0, 0.05) is 16.8 Å². The van der Waals surface area contributed by atoms with Crippen LogP contribution in [0.5, 0.6) is 0 Å². The molecule has 8 heteroatoms. The zero-order chi connectivity index (χ0) is 6.50. The van der Waals surface area contributed by atoms with Crippen LogP contribution >= 0.6 is 10.1 Å². The van der Waals surface area contributed by atoms with Crippen LogP contribution in [-0.2, 0) is 42.0 Å². The minimum absolute atomic E-state index is 0. The van der Waals surface area contributed by atoms with E-state index in [2.05, 4.69) is 25.0 Å². The maximum atomic E-state index is 8.74. The summed E-state index contributed by atoms with van der Waals surface area (Å²) in [5, 5.41) is 0. The van der Waals surface area contributed by atoms with E-state index in [0.717, 1.165) is 0 Å². The first-order chi connectivity index (χ1) is 3.00. The van der Waals surface area contributed by atoms with Crippen molar-refractivity contribution in [1.82, 2.24) is 0 Å². The summed E-state index contributed by atoms with van der Waals surface area (Å²) in [6, 6.07) is 0. The van der Waals surface area contributed by atoms with E-state index in [0.29, 0.717) is 0 Å². The van der Waals surface area contributed by atoms with Crippen molar-refractivity contribution in [1.29, 1.82) is 0 Å². The summed E-state index contributed by atoms with van der Waals surface area (Å²) < 4.78 is 31.6. The molecule has 0 fully saturated rings. The second-order valence-electron chi connectivity index (χ2n) is 0.448. The normalized spacial score (nSPS) is 8.12. The molecule has 57 valence electrons. The Bertz CT molecular complexity index is 97.2.